The molecule has 2 aromatic rings. The monoisotopic (exact) mass is 368 g/mol. The van der Waals surface area contributed by atoms with Crippen LogP contribution in [0.3, 0.4) is 0 Å². The predicted molar refractivity (Wildman–Crippen MR) is 91.1 cm³/mol. The van der Waals surface area contributed by atoms with Gasteiger partial charge >= 0.3 is 0 Å². The molecule has 1 unspecified atom stereocenters. The molecule has 1 aliphatic heterocycles. The molecule has 2 aromatic carbocycles. The number of fused-ring (bicyclic) bond motifs is 1. The van der Waals surface area contributed by atoms with Crippen LogP contribution in [0.2, 0.25) is 0 Å². The van der Waals surface area contributed by atoms with Gasteiger partial charge in [0.05, 0.1) is 11.9 Å². The number of hydrogen-bond donors (Lipinski definition) is 3. The second-order valence-electron chi connectivity index (χ2n) is 6.15. The molecular weight excluding hydrogens is 350 g/mol. The number of hydrogen-bond acceptors (Lipinski definition) is 4. The van der Waals surface area contributed by atoms with Crippen molar-refractivity contribution in [3.05, 3.63) is 58.7 Å². The highest BCUT2D eigenvalue weighted by atomic mass is 32.2. The fourth-order valence-electron chi connectivity index (χ4n) is 3.05. The van der Waals surface area contributed by atoms with Crippen LogP contribution >= 0.6 is 0 Å². The van der Waals surface area contributed by atoms with Gasteiger partial charge in [0.15, 0.2) is 11.6 Å². The van der Waals surface area contributed by atoms with Crippen LogP contribution in [0.4, 0.5) is 14.5 Å². The number of halogens is 2. The second kappa shape index (κ2) is 6.61. The first-order valence-electron chi connectivity index (χ1n) is 7.74. The van der Waals surface area contributed by atoms with Crippen molar-refractivity contribution in [1.82, 2.24) is 5.32 Å². The average Bonchev–Trinajstić information content (AvgIpc) is 2.51. The maximum absolute atomic E-state index is 13.4. The molecule has 1 atom stereocenters. The number of nitrogens with one attached hydrogen (secondary N) is 2. The van der Waals surface area contributed by atoms with E-state index in [1.54, 1.807) is 12.1 Å². The minimum Gasteiger partial charge on any atom is -0.506 e. The van der Waals surface area contributed by atoms with Gasteiger partial charge in [0.25, 0.3) is 0 Å². The van der Waals surface area contributed by atoms with Gasteiger partial charge in [0.2, 0.25) is 10.0 Å². The van der Waals surface area contributed by atoms with Crippen molar-refractivity contribution in [1.29, 1.82) is 0 Å². The van der Waals surface area contributed by atoms with Crippen LogP contribution < -0.4 is 10.0 Å². The van der Waals surface area contributed by atoms with E-state index >= 15 is 0 Å². The normalized spacial score (nSPS) is 17.2. The van der Waals surface area contributed by atoms with Gasteiger partial charge in [-0.25, -0.2) is 17.2 Å². The summed E-state index contributed by atoms with van der Waals surface area (Å²) in [5, 5.41) is 13.3. The molecule has 3 N–H and O–H groups in total. The molecule has 0 saturated carbocycles. The van der Waals surface area contributed by atoms with Gasteiger partial charge in [-0.05, 0) is 60.3 Å². The van der Waals surface area contributed by atoms with E-state index < -0.39 is 21.7 Å². The third-order valence-electron chi connectivity index (χ3n) is 4.14. The van der Waals surface area contributed by atoms with Gasteiger partial charge in [0, 0.05) is 6.04 Å². The lowest BCUT2D eigenvalue weighted by molar-refractivity contribution is 0.468. The van der Waals surface area contributed by atoms with Crippen LogP contribution in [-0.4, -0.2) is 26.3 Å². The summed E-state index contributed by atoms with van der Waals surface area (Å²) in [5.74, 6) is -1.94. The summed E-state index contributed by atoms with van der Waals surface area (Å²) in [7, 11) is -3.53. The minimum absolute atomic E-state index is 0.0974. The number of sulfonamides is 1. The van der Waals surface area contributed by atoms with Crippen LogP contribution in [0, 0.1) is 11.6 Å². The molecule has 8 heteroatoms. The first-order valence-corrected chi connectivity index (χ1v) is 9.63. The van der Waals surface area contributed by atoms with Crippen LogP contribution in [-0.2, 0) is 22.9 Å². The Balaban J connectivity index is 1.94. The SMILES string of the molecule is CS(=O)(=O)Nc1cc2c(cc1O)CCNC2Cc1ccc(F)c(F)c1. The third kappa shape index (κ3) is 4.08. The maximum Gasteiger partial charge on any atom is 0.229 e. The molecule has 25 heavy (non-hydrogen) atoms. The summed E-state index contributed by atoms with van der Waals surface area (Å²) in [6.45, 7) is 0.666. The Morgan fingerprint density at radius 2 is 2.00 bits per heavy atom. The van der Waals surface area contributed by atoms with E-state index in [2.05, 4.69) is 10.0 Å². The molecule has 1 aliphatic rings. The van der Waals surface area contributed by atoms with Gasteiger partial charge in [0.1, 0.15) is 5.75 Å². The number of aromatic hydroxyl groups is 1. The number of benzene rings is 2. The van der Waals surface area contributed by atoms with Crippen molar-refractivity contribution >= 4 is 15.7 Å². The molecule has 134 valence electrons. The van der Waals surface area contributed by atoms with Gasteiger partial charge in [-0.1, -0.05) is 6.07 Å². The lowest BCUT2D eigenvalue weighted by Crippen LogP contribution is -2.31. The van der Waals surface area contributed by atoms with E-state index in [0.717, 1.165) is 29.5 Å². The molecular formula is C17H18F2N2O3S. The van der Waals surface area contributed by atoms with Crippen molar-refractivity contribution in [2.24, 2.45) is 0 Å². The van der Waals surface area contributed by atoms with Crippen molar-refractivity contribution in [2.45, 2.75) is 18.9 Å². The standard InChI is InChI=1S/C17H18F2N2O3S/c1-25(23,24)21-16-9-12-11(8-17(16)22)4-5-20-15(12)7-10-2-3-13(18)14(19)6-10/h2-3,6,8-9,15,20-22H,4-5,7H2,1H3. The first-order chi connectivity index (χ1) is 11.7. The van der Waals surface area contributed by atoms with Crippen molar-refractivity contribution in [3.63, 3.8) is 0 Å². The molecule has 0 bridgehead atoms. The van der Waals surface area contributed by atoms with Gasteiger partial charge in [-0.2, -0.15) is 0 Å². The number of phenolic OH excluding ortho intramolecular Hbond substituents is 1. The summed E-state index contributed by atoms with van der Waals surface area (Å²) in [4.78, 5) is 0. The Bertz CT molecular complexity index is 916. The Kier molecular flexibility index (Phi) is 4.66. The molecule has 0 spiro atoms. The highest BCUT2D eigenvalue weighted by molar-refractivity contribution is 7.92. The quantitative estimate of drug-likeness (QED) is 0.725. The second-order valence-corrected chi connectivity index (χ2v) is 7.90. The fraction of sp³-hybridized carbons (Fsp3) is 0.294. The summed E-state index contributed by atoms with van der Waals surface area (Å²) in [6.07, 6.45) is 2.09. The number of rotatable bonds is 4. The van der Waals surface area contributed by atoms with Crippen LogP contribution in [0.15, 0.2) is 30.3 Å². The molecule has 1 heterocycles. The smallest absolute Gasteiger partial charge is 0.229 e. The summed E-state index contributed by atoms with van der Waals surface area (Å²) < 4.78 is 51.7. The molecule has 3 rings (SSSR count). The van der Waals surface area contributed by atoms with Crippen LogP contribution in [0.5, 0.6) is 5.75 Å². The molecule has 0 aromatic heterocycles. The zero-order valence-corrected chi connectivity index (χ0v) is 14.3. The lowest BCUT2D eigenvalue weighted by Gasteiger charge is -2.28. The van der Waals surface area contributed by atoms with Crippen molar-refractivity contribution in [2.75, 3.05) is 17.5 Å². The largest absolute Gasteiger partial charge is 0.506 e. The highest BCUT2D eigenvalue weighted by Crippen LogP contribution is 2.34. The van der Waals surface area contributed by atoms with E-state index in [9.17, 15) is 22.3 Å². The van der Waals surface area contributed by atoms with E-state index in [1.165, 1.54) is 6.07 Å². The molecule has 0 saturated heterocycles. The Hall–Kier alpha value is -2.19. The predicted octanol–water partition coefficient (Wildman–Crippen LogP) is 2.47. The lowest BCUT2D eigenvalue weighted by atomic mass is 9.89. The zero-order valence-electron chi connectivity index (χ0n) is 13.5. The Morgan fingerprint density at radius 3 is 2.68 bits per heavy atom. The van der Waals surface area contributed by atoms with Gasteiger partial charge < -0.3 is 10.4 Å². The van der Waals surface area contributed by atoms with E-state index in [-0.39, 0.29) is 17.5 Å². The van der Waals surface area contributed by atoms with Crippen LogP contribution in [0.25, 0.3) is 0 Å². The van der Waals surface area contributed by atoms with Crippen LogP contribution in [0.1, 0.15) is 22.7 Å². The first kappa shape index (κ1) is 17.6. The maximum atomic E-state index is 13.4. The summed E-state index contributed by atoms with van der Waals surface area (Å²) >= 11 is 0. The van der Waals surface area contributed by atoms with Gasteiger partial charge in [-0.3, -0.25) is 4.72 Å². The molecule has 0 radical (unpaired) electrons. The Labute approximate surface area is 144 Å². The molecule has 5 nitrogen and oxygen atoms in total. The topological polar surface area (TPSA) is 78.4 Å². The molecule has 0 aliphatic carbocycles. The Morgan fingerprint density at radius 1 is 1.24 bits per heavy atom. The van der Waals surface area contributed by atoms with Gasteiger partial charge in [-0.15, -0.1) is 0 Å². The van der Waals surface area contributed by atoms with Crippen molar-refractivity contribution in [3.8, 4) is 5.75 Å². The minimum atomic E-state index is -3.53. The molecule has 0 amide bonds. The average molecular weight is 368 g/mol. The summed E-state index contributed by atoms with van der Waals surface area (Å²) in [5.41, 5.74) is 2.43. The zero-order chi connectivity index (χ0) is 18.2. The fourth-order valence-corrected chi connectivity index (χ4v) is 3.61. The number of anilines is 1. The van der Waals surface area contributed by atoms with Crippen molar-refractivity contribution < 1.29 is 22.3 Å². The van der Waals surface area contributed by atoms with E-state index in [1.807, 2.05) is 0 Å². The number of phenols is 1. The highest BCUT2D eigenvalue weighted by Gasteiger charge is 2.23. The summed E-state index contributed by atoms with van der Waals surface area (Å²) in [6, 6.07) is 6.69. The van der Waals surface area contributed by atoms with E-state index in [4.69, 9.17) is 0 Å². The van der Waals surface area contributed by atoms with E-state index in [0.29, 0.717) is 24.9 Å². The molecule has 0 fully saturated rings. The third-order valence-corrected chi connectivity index (χ3v) is 4.73.